The minimum atomic E-state index is 0.731. The maximum absolute atomic E-state index is 8.42. The number of rotatable bonds is 15. The Kier molecular flexibility index (Phi) is 28.2. The van der Waals surface area contributed by atoms with E-state index in [-0.39, 0.29) is 0 Å². The molecule has 1 nitrogen and oxygen atoms in total. The van der Waals surface area contributed by atoms with Crippen molar-refractivity contribution in [3.05, 3.63) is 24.3 Å². The van der Waals surface area contributed by atoms with Crippen LogP contribution in [-0.4, -0.2) is 0 Å². The largest absolute Gasteiger partial charge is 0.198 e. The summed E-state index contributed by atoms with van der Waals surface area (Å²) in [5.74, 6) is 0. The van der Waals surface area contributed by atoms with Gasteiger partial charge in [-0.1, -0.05) is 96.4 Å². The molecule has 0 aromatic rings. The first-order valence-corrected chi connectivity index (χ1v) is 10.5. The Morgan fingerprint density at radius 3 is 1.58 bits per heavy atom. The first-order valence-electron chi connectivity index (χ1n) is 10.5. The van der Waals surface area contributed by atoms with Crippen LogP contribution in [0.25, 0.3) is 0 Å². The molecule has 140 valence electrons. The zero-order valence-electron chi connectivity index (χ0n) is 16.9. The van der Waals surface area contributed by atoms with E-state index in [1.165, 1.54) is 77.0 Å². The molecule has 0 amide bonds. The second-order valence-corrected chi connectivity index (χ2v) is 6.49. The lowest BCUT2D eigenvalue weighted by Gasteiger charge is -1.98. The van der Waals surface area contributed by atoms with Crippen molar-refractivity contribution in [2.24, 2.45) is 0 Å². The number of hydrogen-bond donors (Lipinski definition) is 0. The minimum absolute atomic E-state index is 0.731. The second-order valence-electron chi connectivity index (χ2n) is 6.49. The van der Waals surface area contributed by atoms with Crippen LogP contribution in [0.4, 0.5) is 0 Å². The normalized spacial score (nSPS) is 10.8. The highest BCUT2D eigenvalue weighted by Gasteiger charge is 1.90. The van der Waals surface area contributed by atoms with E-state index in [0.29, 0.717) is 0 Å². The highest BCUT2D eigenvalue weighted by atomic mass is 14.2. The Bertz CT molecular complexity index is 294. The third kappa shape index (κ3) is 29.0. The van der Waals surface area contributed by atoms with Gasteiger partial charge in [0.15, 0.2) is 0 Å². The summed E-state index contributed by atoms with van der Waals surface area (Å²) in [6.07, 6.45) is 27.8. The van der Waals surface area contributed by atoms with Gasteiger partial charge in [0.1, 0.15) is 0 Å². The molecule has 0 radical (unpaired) electrons. The Morgan fingerprint density at radius 2 is 1.08 bits per heavy atom. The minimum Gasteiger partial charge on any atom is -0.198 e. The van der Waals surface area contributed by atoms with Gasteiger partial charge >= 0.3 is 0 Å². The molecule has 0 N–H and O–H groups in total. The Morgan fingerprint density at radius 1 is 0.583 bits per heavy atom. The van der Waals surface area contributed by atoms with E-state index in [2.05, 4.69) is 51.1 Å². The van der Waals surface area contributed by atoms with Crippen LogP contribution in [0.1, 0.15) is 117 Å². The predicted molar refractivity (Wildman–Crippen MR) is 110 cm³/mol. The van der Waals surface area contributed by atoms with Crippen LogP contribution in [0.5, 0.6) is 0 Å². The first kappa shape index (κ1) is 25.2. The third-order valence-electron chi connectivity index (χ3n) is 3.99. The molecule has 0 unspecified atom stereocenters. The quantitative estimate of drug-likeness (QED) is 0.217. The van der Waals surface area contributed by atoms with Crippen molar-refractivity contribution in [2.75, 3.05) is 0 Å². The maximum Gasteiger partial charge on any atom is 0.0621 e. The topological polar surface area (TPSA) is 23.8 Å². The number of nitriles is 1. The molecule has 0 fully saturated rings. The van der Waals surface area contributed by atoms with Crippen LogP contribution in [-0.2, 0) is 0 Å². The highest BCUT2D eigenvalue weighted by Crippen LogP contribution is 2.08. The van der Waals surface area contributed by atoms with Crippen molar-refractivity contribution in [1.82, 2.24) is 0 Å². The summed E-state index contributed by atoms with van der Waals surface area (Å²) in [6.45, 7) is 6.61. The Labute approximate surface area is 153 Å². The van der Waals surface area contributed by atoms with Gasteiger partial charge in [-0.25, -0.2) is 0 Å². The fraction of sp³-hybridized carbons (Fsp3) is 0.783. The molecule has 24 heavy (non-hydrogen) atoms. The van der Waals surface area contributed by atoms with Crippen molar-refractivity contribution in [1.29, 1.82) is 5.26 Å². The summed E-state index contributed by atoms with van der Waals surface area (Å²) in [4.78, 5) is 0. The predicted octanol–water partition coefficient (Wildman–Crippen LogP) is 8.52. The zero-order valence-corrected chi connectivity index (χ0v) is 16.9. The molecule has 0 atom stereocenters. The average Bonchev–Trinajstić information content (AvgIpc) is 2.61. The van der Waals surface area contributed by atoms with Crippen LogP contribution in [0.15, 0.2) is 24.3 Å². The van der Waals surface area contributed by atoms with E-state index < -0.39 is 0 Å². The molecule has 0 spiro atoms. The lowest BCUT2D eigenvalue weighted by atomic mass is 10.1. The van der Waals surface area contributed by atoms with Crippen LogP contribution in [0.3, 0.4) is 0 Å². The van der Waals surface area contributed by atoms with Gasteiger partial charge in [0.2, 0.25) is 0 Å². The van der Waals surface area contributed by atoms with E-state index in [9.17, 15) is 0 Å². The monoisotopic (exact) mass is 333 g/mol. The van der Waals surface area contributed by atoms with E-state index in [4.69, 9.17) is 5.26 Å². The number of unbranched alkanes of at least 4 members (excludes halogenated alkanes) is 11. The van der Waals surface area contributed by atoms with E-state index in [0.717, 1.165) is 19.3 Å². The molecule has 0 aromatic carbocycles. The average molecular weight is 334 g/mol. The molecular formula is C23H43N. The smallest absolute Gasteiger partial charge is 0.0621 e. The summed E-state index contributed by atoms with van der Waals surface area (Å²) in [7, 11) is 0. The van der Waals surface area contributed by atoms with Gasteiger partial charge in [-0.15, -0.1) is 0 Å². The Balaban J connectivity index is 0. The van der Waals surface area contributed by atoms with Crippen molar-refractivity contribution in [3.8, 4) is 6.07 Å². The van der Waals surface area contributed by atoms with Crippen molar-refractivity contribution in [3.63, 3.8) is 0 Å². The molecule has 0 aliphatic heterocycles. The zero-order chi connectivity index (χ0) is 18.1. The van der Waals surface area contributed by atoms with E-state index in [1.807, 2.05) is 0 Å². The van der Waals surface area contributed by atoms with Gasteiger partial charge < -0.3 is 0 Å². The molecule has 0 saturated carbocycles. The van der Waals surface area contributed by atoms with Gasteiger partial charge in [-0.2, -0.15) is 5.26 Å². The van der Waals surface area contributed by atoms with Crippen molar-refractivity contribution in [2.45, 2.75) is 117 Å². The van der Waals surface area contributed by atoms with Gasteiger partial charge in [0.25, 0.3) is 0 Å². The third-order valence-corrected chi connectivity index (χ3v) is 3.99. The van der Waals surface area contributed by atoms with Crippen LogP contribution in [0, 0.1) is 11.3 Å². The lowest BCUT2D eigenvalue weighted by molar-refractivity contribution is 0.601. The standard InChI is InChI=1S/C19H33N.C4H10/c1-2-3-4-5-6-7-8-9-10-11-12-13-14-15-16-17-18-19-20;1-3-4-2/h6-7,9-10H,2-5,8,11-18H2,1H3;3-4H2,1-2H3/b7-6-,10-9-;. The first-order chi connectivity index (χ1) is 11.8. The van der Waals surface area contributed by atoms with Crippen LogP contribution >= 0.6 is 0 Å². The van der Waals surface area contributed by atoms with Gasteiger partial charge in [-0.05, 0) is 38.5 Å². The molecule has 0 saturated heterocycles. The van der Waals surface area contributed by atoms with E-state index >= 15 is 0 Å². The molecule has 0 aliphatic rings. The van der Waals surface area contributed by atoms with Crippen LogP contribution < -0.4 is 0 Å². The summed E-state index contributed by atoms with van der Waals surface area (Å²) in [5, 5.41) is 8.42. The van der Waals surface area contributed by atoms with Crippen molar-refractivity contribution >= 4 is 0 Å². The van der Waals surface area contributed by atoms with Crippen LogP contribution in [0.2, 0.25) is 0 Å². The second kappa shape index (κ2) is 26.8. The summed E-state index contributed by atoms with van der Waals surface area (Å²) in [6, 6.07) is 2.20. The van der Waals surface area contributed by atoms with Gasteiger partial charge in [0, 0.05) is 6.42 Å². The number of hydrogen-bond acceptors (Lipinski definition) is 1. The molecule has 0 rings (SSSR count). The maximum atomic E-state index is 8.42. The van der Waals surface area contributed by atoms with Gasteiger partial charge in [0.05, 0.1) is 6.07 Å². The molecular weight excluding hydrogens is 290 g/mol. The van der Waals surface area contributed by atoms with Gasteiger partial charge in [-0.3, -0.25) is 0 Å². The fourth-order valence-corrected chi connectivity index (χ4v) is 2.19. The summed E-state index contributed by atoms with van der Waals surface area (Å²) in [5.41, 5.74) is 0. The number of allylic oxidation sites excluding steroid dienone is 4. The summed E-state index contributed by atoms with van der Waals surface area (Å²) >= 11 is 0. The highest BCUT2D eigenvalue weighted by molar-refractivity contribution is 4.92. The summed E-state index contributed by atoms with van der Waals surface area (Å²) < 4.78 is 0. The number of nitrogens with zero attached hydrogens (tertiary/aromatic N) is 1. The molecule has 1 heteroatoms. The lowest BCUT2D eigenvalue weighted by Crippen LogP contribution is -1.79. The molecule has 0 aliphatic carbocycles. The van der Waals surface area contributed by atoms with Crippen molar-refractivity contribution < 1.29 is 0 Å². The molecule has 0 bridgehead atoms. The van der Waals surface area contributed by atoms with E-state index in [1.54, 1.807) is 0 Å². The SMILES string of the molecule is CCCC.CCCCC/C=C\C/C=C\CCCCCCCCC#N. The fourth-order valence-electron chi connectivity index (χ4n) is 2.19. The molecule has 0 aromatic heterocycles. The Hall–Kier alpha value is -1.03. The molecule has 0 heterocycles.